The molecule has 1 atom stereocenters. The van der Waals surface area contributed by atoms with Crippen LogP contribution in [0.5, 0.6) is 11.5 Å². The predicted octanol–water partition coefficient (Wildman–Crippen LogP) is 2.37. The summed E-state index contributed by atoms with van der Waals surface area (Å²) in [7, 11) is 1.61. The number of carboxylic acids is 1. The van der Waals surface area contributed by atoms with E-state index in [0.717, 1.165) is 25.5 Å². The molecule has 0 saturated carbocycles. The molecule has 0 amide bonds. The van der Waals surface area contributed by atoms with Crippen LogP contribution in [0.4, 0.5) is 0 Å². The number of carboxylic acid groups (broad SMARTS) is 1. The standard InChI is InChI=1S/C17H22O6/c1-20-9-10-22-14-6-4-13(5-7-17(18)19)16(11-14)23-12-15-3-2-8-21-15/h4-7,11,15H,2-3,8-10,12H2,1H3,(H,18,19)/b7-5+. The summed E-state index contributed by atoms with van der Waals surface area (Å²) in [4.78, 5) is 10.7. The van der Waals surface area contributed by atoms with Crippen molar-refractivity contribution >= 4 is 12.0 Å². The fraction of sp³-hybridized carbons (Fsp3) is 0.471. The second kappa shape index (κ2) is 9.17. The van der Waals surface area contributed by atoms with Crippen molar-refractivity contribution in [2.24, 2.45) is 0 Å². The molecule has 1 saturated heterocycles. The molecular weight excluding hydrogens is 300 g/mol. The van der Waals surface area contributed by atoms with Gasteiger partial charge in [-0.3, -0.25) is 0 Å². The quantitative estimate of drug-likeness (QED) is 0.556. The van der Waals surface area contributed by atoms with Crippen molar-refractivity contribution in [1.29, 1.82) is 0 Å². The van der Waals surface area contributed by atoms with Crippen LogP contribution in [0.25, 0.3) is 6.08 Å². The van der Waals surface area contributed by atoms with Gasteiger partial charge in [0.15, 0.2) is 0 Å². The summed E-state index contributed by atoms with van der Waals surface area (Å²) in [5.41, 5.74) is 0.685. The molecular formula is C17H22O6. The van der Waals surface area contributed by atoms with E-state index in [1.807, 2.05) is 0 Å². The maximum absolute atomic E-state index is 10.7. The van der Waals surface area contributed by atoms with Crippen molar-refractivity contribution in [3.63, 3.8) is 0 Å². The Hall–Kier alpha value is -2.05. The zero-order valence-corrected chi connectivity index (χ0v) is 13.2. The molecule has 1 heterocycles. The molecule has 0 bridgehead atoms. The Morgan fingerprint density at radius 2 is 2.26 bits per heavy atom. The van der Waals surface area contributed by atoms with Crippen molar-refractivity contribution in [2.75, 3.05) is 33.5 Å². The van der Waals surface area contributed by atoms with Gasteiger partial charge >= 0.3 is 5.97 Å². The maximum atomic E-state index is 10.7. The topological polar surface area (TPSA) is 74.2 Å². The molecule has 126 valence electrons. The van der Waals surface area contributed by atoms with Gasteiger partial charge in [-0.05, 0) is 31.1 Å². The predicted molar refractivity (Wildman–Crippen MR) is 85.0 cm³/mol. The molecule has 1 aromatic carbocycles. The van der Waals surface area contributed by atoms with Gasteiger partial charge in [0, 0.05) is 31.4 Å². The zero-order valence-electron chi connectivity index (χ0n) is 13.2. The number of carbonyl (C=O) groups is 1. The van der Waals surface area contributed by atoms with E-state index >= 15 is 0 Å². The van der Waals surface area contributed by atoms with Gasteiger partial charge in [-0.1, -0.05) is 0 Å². The van der Waals surface area contributed by atoms with Crippen LogP contribution in [0, 0.1) is 0 Å². The summed E-state index contributed by atoms with van der Waals surface area (Å²) in [6.45, 7) is 2.13. The van der Waals surface area contributed by atoms with E-state index < -0.39 is 5.97 Å². The smallest absolute Gasteiger partial charge is 0.328 e. The summed E-state index contributed by atoms with van der Waals surface area (Å²) in [6.07, 6.45) is 4.69. The van der Waals surface area contributed by atoms with Gasteiger partial charge in [0.1, 0.15) is 24.7 Å². The summed E-state index contributed by atoms with van der Waals surface area (Å²) >= 11 is 0. The number of hydrogen-bond acceptors (Lipinski definition) is 5. The molecule has 6 nitrogen and oxygen atoms in total. The molecule has 6 heteroatoms. The SMILES string of the molecule is COCCOc1ccc(/C=C/C(=O)O)c(OCC2CCCO2)c1. The van der Waals surface area contributed by atoms with Crippen molar-refractivity contribution in [3.8, 4) is 11.5 Å². The fourth-order valence-electron chi connectivity index (χ4n) is 2.23. The number of hydrogen-bond donors (Lipinski definition) is 1. The molecule has 0 radical (unpaired) electrons. The first kappa shape index (κ1) is 17.3. The second-order valence-corrected chi connectivity index (χ2v) is 5.16. The molecule has 1 N–H and O–H groups in total. The molecule has 1 fully saturated rings. The lowest BCUT2D eigenvalue weighted by atomic mass is 10.1. The molecule has 1 aromatic rings. The number of aliphatic carboxylic acids is 1. The third-order valence-electron chi connectivity index (χ3n) is 3.40. The second-order valence-electron chi connectivity index (χ2n) is 5.16. The summed E-state index contributed by atoms with van der Waals surface area (Å²) in [5.74, 6) is 0.222. The van der Waals surface area contributed by atoms with E-state index in [1.54, 1.807) is 25.3 Å². The fourth-order valence-corrected chi connectivity index (χ4v) is 2.23. The van der Waals surface area contributed by atoms with E-state index in [2.05, 4.69) is 0 Å². The lowest BCUT2D eigenvalue weighted by Gasteiger charge is -2.15. The van der Waals surface area contributed by atoms with Gasteiger partial charge in [0.05, 0.1) is 12.7 Å². The molecule has 0 aromatic heterocycles. The highest BCUT2D eigenvalue weighted by molar-refractivity contribution is 5.86. The van der Waals surface area contributed by atoms with E-state index in [4.69, 9.17) is 24.1 Å². The van der Waals surface area contributed by atoms with Gasteiger partial charge in [0.2, 0.25) is 0 Å². The van der Waals surface area contributed by atoms with Gasteiger partial charge in [0.25, 0.3) is 0 Å². The van der Waals surface area contributed by atoms with Crippen LogP contribution in [-0.2, 0) is 14.3 Å². The third-order valence-corrected chi connectivity index (χ3v) is 3.40. The Kier molecular flexibility index (Phi) is 6.90. The molecule has 1 unspecified atom stereocenters. The van der Waals surface area contributed by atoms with Crippen LogP contribution in [0.2, 0.25) is 0 Å². The summed E-state index contributed by atoms with van der Waals surface area (Å²) < 4.78 is 21.9. The first-order valence-corrected chi connectivity index (χ1v) is 7.60. The van der Waals surface area contributed by atoms with Gasteiger partial charge in [-0.15, -0.1) is 0 Å². The minimum atomic E-state index is -1.00. The van der Waals surface area contributed by atoms with Crippen LogP contribution in [-0.4, -0.2) is 50.7 Å². The average molecular weight is 322 g/mol. The highest BCUT2D eigenvalue weighted by Crippen LogP contribution is 2.27. The lowest BCUT2D eigenvalue weighted by molar-refractivity contribution is -0.131. The monoisotopic (exact) mass is 322 g/mol. The van der Waals surface area contributed by atoms with Crippen LogP contribution < -0.4 is 9.47 Å². The Balaban J connectivity index is 2.07. The highest BCUT2D eigenvalue weighted by Gasteiger charge is 2.17. The van der Waals surface area contributed by atoms with Gasteiger partial charge < -0.3 is 24.1 Å². The number of rotatable bonds is 9. The Morgan fingerprint density at radius 3 is 2.96 bits per heavy atom. The van der Waals surface area contributed by atoms with Gasteiger partial charge in [-0.25, -0.2) is 4.79 Å². The summed E-state index contributed by atoms with van der Waals surface area (Å²) in [6, 6.07) is 5.30. The minimum Gasteiger partial charge on any atom is -0.491 e. The van der Waals surface area contributed by atoms with Crippen LogP contribution in [0.1, 0.15) is 18.4 Å². The van der Waals surface area contributed by atoms with Crippen molar-refractivity contribution < 1.29 is 28.8 Å². The molecule has 0 aliphatic carbocycles. The molecule has 23 heavy (non-hydrogen) atoms. The lowest BCUT2D eigenvalue weighted by Crippen LogP contribution is -2.16. The summed E-state index contributed by atoms with van der Waals surface area (Å²) in [5, 5.41) is 8.78. The molecule has 0 spiro atoms. The van der Waals surface area contributed by atoms with Crippen LogP contribution >= 0.6 is 0 Å². The molecule has 1 aliphatic heterocycles. The largest absolute Gasteiger partial charge is 0.491 e. The van der Waals surface area contributed by atoms with Crippen molar-refractivity contribution in [1.82, 2.24) is 0 Å². The number of benzene rings is 1. The van der Waals surface area contributed by atoms with Crippen molar-refractivity contribution in [3.05, 3.63) is 29.8 Å². The number of methoxy groups -OCH3 is 1. The third kappa shape index (κ3) is 5.92. The Bertz CT molecular complexity index is 534. The first-order chi connectivity index (χ1) is 11.2. The van der Waals surface area contributed by atoms with E-state index in [1.165, 1.54) is 6.08 Å². The van der Waals surface area contributed by atoms with Gasteiger partial charge in [-0.2, -0.15) is 0 Å². The maximum Gasteiger partial charge on any atom is 0.328 e. The van der Waals surface area contributed by atoms with Crippen LogP contribution in [0.3, 0.4) is 0 Å². The van der Waals surface area contributed by atoms with E-state index in [9.17, 15) is 4.79 Å². The highest BCUT2D eigenvalue weighted by atomic mass is 16.5. The molecule has 1 aliphatic rings. The zero-order chi connectivity index (χ0) is 16.5. The minimum absolute atomic E-state index is 0.0874. The number of ether oxygens (including phenoxy) is 4. The average Bonchev–Trinajstić information content (AvgIpc) is 3.05. The first-order valence-electron chi connectivity index (χ1n) is 7.60. The Morgan fingerprint density at radius 1 is 1.39 bits per heavy atom. The van der Waals surface area contributed by atoms with E-state index in [-0.39, 0.29) is 6.10 Å². The van der Waals surface area contributed by atoms with Crippen LogP contribution in [0.15, 0.2) is 24.3 Å². The normalized spacial score (nSPS) is 17.5. The van der Waals surface area contributed by atoms with Crippen molar-refractivity contribution in [2.45, 2.75) is 18.9 Å². The molecule has 2 rings (SSSR count). The van der Waals surface area contributed by atoms with E-state index in [0.29, 0.717) is 36.9 Å². The Labute approximate surface area is 135 Å².